The van der Waals surface area contributed by atoms with Gasteiger partial charge in [-0.3, -0.25) is 38.5 Å². The molecule has 0 spiro atoms. The van der Waals surface area contributed by atoms with Gasteiger partial charge in [-0.1, -0.05) is 78.3 Å². The maximum atomic E-state index is 14.5. The number of unbranched alkanes of at least 4 members (excludes halogenated alkanes) is 2. The van der Waals surface area contributed by atoms with E-state index in [1.807, 2.05) is 41.7 Å². The Labute approximate surface area is 434 Å². The minimum absolute atomic E-state index is 0.0135. The van der Waals surface area contributed by atoms with Crippen molar-refractivity contribution < 1.29 is 52.6 Å². The molecule has 0 bridgehead atoms. The lowest BCUT2D eigenvalue weighted by Gasteiger charge is -2.41. The van der Waals surface area contributed by atoms with Crippen molar-refractivity contribution in [2.24, 2.45) is 23.7 Å². The molecule has 0 aliphatic carbocycles. The molecule has 17 nitrogen and oxygen atoms in total. The van der Waals surface area contributed by atoms with Crippen molar-refractivity contribution in [1.29, 1.82) is 0 Å². The zero-order valence-electron chi connectivity index (χ0n) is 45.7. The second kappa shape index (κ2) is 28.4. The SMILES string of the molecule is C=C1C=CC(=O)N1CCCCCC(=O)NCC(=O)Cc1ccc(C[C@H](NC(=O)[C@H](C)[C@@H](OC)[C@@H]2CCCN2C(=O)C[C@@H](OC)[C@H]([C@@H](C)CC)N(C)C(=O)[C@@H](CC(=O)[C@@]2(C)CCCN2C)C(C)C)C(=O)OC)cc1. The summed E-state index contributed by atoms with van der Waals surface area (Å²) in [6, 6.07) is 5.14. The first kappa shape index (κ1) is 60.3. The zero-order valence-corrected chi connectivity index (χ0v) is 45.7. The average Bonchev–Trinajstić information content (AvgIpc) is 4.09. The Morgan fingerprint density at radius 1 is 0.904 bits per heavy atom. The van der Waals surface area contributed by atoms with Gasteiger partial charge in [0.25, 0.3) is 5.91 Å². The third kappa shape index (κ3) is 16.1. The maximum absolute atomic E-state index is 14.5. The molecule has 3 heterocycles. The van der Waals surface area contributed by atoms with Gasteiger partial charge in [0.2, 0.25) is 23.6 Å². The first-order valence-corrected chi connectivity index (χ1v) is 26.4. The lowest BCUT2D eigenvalue weighted by atomic mass is 9.81. The van der Waals surface area contributed by atoms with Crippen LogP contribution in [0.25, 0.3) is 0 Å². The van der Waals surface area contributed by atoms with Crippen LogP contribution >= 0.6 is 0 Å². The molecule has 1 aromatic carbocycles. The van der Waals surface area contributed by atoms with Crippen molar-refractivity contribution in [2.75, 3.05) is 61.6 Å². The molecule has 4 rings (SSSR count). The highest BCUT2D eigenvalue weighted by Crippen LogP contribution is 2.34. The number of amides is 5. The number of nitrogens with zero attached hydrogens (tertiary/aromatic N) is 4. The molecule has 0 unspecified atom stereocenters. The van der Waals surface area contributed by atoms with Crippen LogP contribution in [-0.2, 0) is 65.4 Å². The van der Waals surface area contributed by atoms with E-state index < -0.39 is 59.6 Å². The van der Waals surface area contributed by atoms with Gasteiger partial charge in [-0.25, -0.2) is 4.79 Å². The average molecular weight is 1020 g/mol. The quantitative estimate of drug-likeness (QED) is 0.0753. The molecule has 9 atom stereocenters. The molecule has 5 amide bonds. The summed E-state index contributed by atoms with van der Waals surface area (Å²) in [5.74, 6) is -3.27. The Hall–Kier alpha value is -5.26. The third-order valence-corrected chi connectivity index (χ3v) is 15.9. The van der Waals surface area contributed by atoms with Crippen molar-refractivity contribution in [3.63, 3.8) is 0 Å². The van der Waals surface area contributed by atoms with Crippen molar-refractivity contribution in [3.05, 3.63) is 59.8 Å². The third-order valence-electron chi connectivity index (χ3n) is 15.9. The smallest absolute Gasteiger partial charge is 0.328 e. The Morgan fingerprint density at radius 2 is 1.59 bits per heavy atom. The van der Waals surface area contributed by atoms with E-state index in [4.69, 9.17) is 14.2 Å². The molecule has 3 aliphatic heterocycles. The number of benzene rings is 1. The number of methoxy groups -OCH3 is 3. The van der Waals surface area contributed by atoms with Crippen LogP contribution in [-0.4, -0.2) is 164 Å². The molecule has 0 aromatic heterocycles. The van der Waals surface area contributed by atoms with Gasteiger partial charge in [0.15, 0.2) is 11.6 Å². The number of ether oxygens (including phenoxy) is 3. The standard InChI is InChI=1S/C56H86N6O11/c1-13-37(4)51(60(9)54(69)43(36(2)3)33-47(64)56(7)27-18-28-59(56)8)46(71-10)34-50(67)62-30-17-19-45(62)52(72-11)39(6)53(68)58-44(55(70)73-12)32-41-24-22-40(23-25-41)31-42(63)35-57-48(65)20-15-14-16-29-61-38(5)21-26-49(61)66/h21-26,36-37,39,43-46,51-52H,5,13-20,27-35H2,1-4,6-12H3,(H,57,65)(H,58,68)/t37-,39+,43-,44-,45-,46+,51-,52+,56+/m0/s1. The minimum Gasteiger partial charge on any atom is -0.467 e. The fourth-order valence-electron chi connectivity index (χ4n) is 10.8. The van der Waals surface area contributed by atoms with Crippen LogP contribution in [0.15, 0.2) is 48.7 Å². The number of carbonyl (C=O) groups is 8. The molecule has 3 aliphatic rings. The van der Waals surface area contributed by atoms with E-state index in [2.05, 4.69) is 22.1 Å². The molecule has 2 N–H and O–H groups in total. The van der Waals surface area contributed by atoms with E-state index in [0.717, 1.165) is 44.2 Å². The second-order valence-corrected chi connectivity index (χ2v) is 21.1. The van der Waals surface area contributed by atoms with Crippen molar-refractivity contribution in [1.82, 2.24) is 30.2 Å². The number of hydrogen-bond donors (Lipinski definition) is 2. The number of nitrogens with one attached hydrogen (secondary N) is 2. The summed E-state index contributed by atoms with van der Waals surface area (Å²) in [7, 11) is 8.03. The monoisotopic (exact) mass is 1020 g/mol. The van der Waals surface area contributed by atoms with Gasteiger partial charge in [-0.05, 0) is 88.1 Å². The number of likely N-dealkylation sites (N-methyl/N-ethyl adjacent to an activating group) is 2. The van der Waals surface area contributed by atoms with Gasteiger partial charge in [0.1, 0.15) is 6.04 Å². The van der Waals surface area contributed by atoms with Gasteiger partial charge in [0.05, 0.1) is 55.8 Å². The minimum atomic E-state index is -1.04. The number of allylic oxidation sites excluding steroid dienone is 1. The van der Waals surface area contributed by atoms with Crippen molar-refractivity contribution >= 4 is 47.1 Å². The fourth-order valence-corrected chi connectivity index (χ4v) is 10.8. The molecular formula is C56H86N6O11. The molecule has 2 saturated heterocycles. The van der Waals surface area contributed by atoms with Gasteiger partial charge < -0.3 is 39.5 Å². The number of carbonyl (C=O) groups excluding carboxylic acids is 8. The second-order valence-electron chi connectivity index (χ2n) is 21.1. The Kier molecular flexibility index (Phi) is 23.5. The predicted octanol–water partition coefficient (Wildman–Crippen LogP) is 5.22. The van der Waals surface area contributed by atoms with Crippen LogP contribution < -0.4 is 10.6 Å². The van der Waals surface area contributed by atoms with E-state index in [0.29, 0.717) is 43.6 Å². The molecular weight excluding hydrogens is 933 g/mol. The molecule has 1 aromatic rings. The van der Waals surface area contributed by atoms with Crippen molar-refractivity contribution in [2.45, 2.75) is 161 Å². The van der Waals surface area contributed by atoms with Crippen LogP contribution in [0.1, 0.15) is 123 Å². The van der Waals surface area contributed by atoms with E-state index in [1.165, 1.54) is 20.3 Å². The maximum Gasteiger partial charge on any atom is 0.328 e. The number of rotatable bonds is 30. The summed E-state index contributed by atoms with van der Waals surface area (Å²) in [6.07, 6.45) is 8.23. The lowest BCUT2D eigenvalue weighted by Crippen LogP contribution is -2.55. The Morgan fingerprint density at radius 3 is 2.16 bits per heavy atom. The Balaban J connectivity index is 1.33. The van der Waals surface area contributed by atoms with Crippen LogP contribution in [0.2, 0.25) is 0 Å². The summed E-state index contributed by atoms with van der Waals surface area (Å²) < 4.78 is 17.2. The van der Waals surface area contributed by atoms with Crippen LogP contribution in [0, 0.1) is 23.7 Å². The largest absolute Gasteiger partial charge is 0.467 e. The fraction of sp³-hybridized carbons (Fsp3) is 0.679. The molecule has 17 heteroatoms. The van der Waals surface area contributed by atoms with E-state index in [9.17, 15) is 38.4 Å². The van der Waals surface area contributed by atoms with Gasteiger partial charge in [-0.2, -0.15) is 0 Å². The first-order chi connectivity index (χ1) is 34.6. The van der Waals surface area contributed by atoms with Gasteiger partial charge in [0, 0.05) is 77.7 Å². The highest BCUT2D eigenvalue weighted by atomic mass is 16.5. The molecule has 73 heavy (non-hydrogen) atoms. The van der Waals surface area contributed by atoms with Crippen molar-refractivity contribution in [3.8, 4) is 0 Å². The van der Waals surface area contributed by atoms with Gasteiger partial charge in [-0.15, -0.1) is 0 Å². The van der Waals surface area contributed by atoms with E-state index in [-0.39, 0.29) is 85.7 Å². The molecule has 406 valence electrons. The molecule has 0 saturated carbocycles. The van der Waals surface area contributed by atoms with Crippen LogP contribution in [0.5, 0.6) is 0 Å². The number of likely N-dealkylation sites (tertiary alicyclic amines) is 2. The van der Waals surface area contributed by atoms with E-state index >= 15 is 0 Å². The number of Topliss-reactive ketones (excluding diaryl/α,β-unsaturated/α-hetero) is 2. The summed E-state index contributed by atoms with van der Waals surface area (Å²) in [5, 5.41) is 5.55. The van der Waals surface area contributed by atoms with Crippen LogP contribution in [0.3, 0.4) is 0 Å². The highest BCUT2D eigenvalue weighted by molar-refractivity contribution is 5.94. The molecule has 0 radical (unpaired) electrons. The summed E-state index contributed by atoms with van der Waals surface area (Å²) in [6.45, 7) is 17.3. The topological polar surface area (TPSA) is 201 Å². The predicted molar refractivity (Wildman–Crippen MR) is 279 cm³/mol. The highest BCUT2D eigenvalue weighted by Gasteiger charge is 2.46. The summed E-state index contributed by atoms with van der Waals surface area (Å²) in [5.41, 5.74) is 1.51. The summed E-state index contributed by atoms with van der Waals surface area (Å²) >= 11 is 0. The summed E-state index contributed by atoms with van der Waals surface area (Å²) in [4.78, 5) is 114. The van der Waals surface area contributed by atoms with E-state index in [1.54, 1.807) is 66.1 Å². The zero-order chi connectivity index (χ0) is 54.2. The number of ketones is 2. The first-order valence-electron chi connectivity index (χ1n) is 26.4. The lowest BCUT2D eigenvalue weighted by molar-refractivity contribution is -0.150. The Bertz CT molecular complexity index is 2110. The molecule has 2 fully saturated rings. The van der Waals surface area contributed by atoms with Gasteiger partial charge >= 0.3 is 5.97 Å². The number of hydrogen-bond acceptors (Lipinski definition) is 12. The normalized spacial score (nSPS) is 20.8. The van der Waals surface area contributed by atoms with Crippen LogP contribution in [0.4, 0.5) is 0 Å². The number of esters is 1.